The van der Waals surface area contributed by atoms with E-state index in [4.69, 9.17) is 18.9 Å². The number of unbranched alkanes of at least 4 members (excludes halogenated alkanes) is 16. The van der Waals surface area contributed by atoms with Gasteiger partial charge in [0.05, 0.1) is 13.2 Å². The number of allylic oxidation sites excluding steroid dienone is 6. The van der Waals surface area contributed by atoms with E-state index in [0.717, 1.165) is 83.5 Å². The molecule has 10 heteroatoms. The van der Waals surface area contributed by atoms with E-state index < -0.39 is 55.4 Å². The highest BCUT2D eigenvalue weighted by molar-refractivity contribution is 5.70. The third-order valence-electron chi connectivity index (χ3n) is 9.25. The number of rotatable bonds is 33. The Bertz CT molecular complexity index is 949. The number of carbonyl (C=O) groups excluding carboxylic acids is 2. The molecule has 6 unspecified atom stereocenters. The molecule has 302 valence electrons. The van der Waals surface area contributed by atoms with Gasteiger partial charge in [-0.1, -0.05) is 115 Å². The molecule has 4 N–H and O–H groups in total. The summed E-state index contributed by atoms with van der Waals surface area (Å²) >= 11 is 0. The lowest BCUT2D eigenvalue weighted by atomic mass is 9.99. The van der Waals surface area contributed by atoms with Gasteiger partial charge in [-0.05, 0) is 70.6 Å². The molecule has 6 atom stereocenters. The molecule has 0 aromatic rings. The van der Waals surface area contributed by atoms with Crippen LogP contribution < -0.4 is 0 Å². The van der Waals surface area contributed by atoms with Crippen LogP contribution in [0.4, 0.5) is 0 Å². The van der Waals surface area contributed by atoms with Gasteiger partial charge in [-0.2, -0.15) is 0 Å². The van der Waals surface area contributed by atoms with E-state index in [1.54, 1.807) is 0 Å². The lowest BCUT2D eigenvalue weighted by Gasteiger charge is -2.39. The first-order valence-corrected chi connectivity index (χ1v) is 20.6. The molecule has 0 saturated carbocycles. The van der Waals surface area contributed by atoms with Gasteiger partial charge in [0, 0.05) is 12.8 Å². The molecular weight excluding hydrogens is 664 g/mol. The molecule has 0 bridgehead atoms. The molecular formula is C42H74O10. The Morgan fingerprint density at radius 2 is 1.08 bits per heavy atom. The molecule has 0 radical (unpaired) electrons. The Morgan fingerprint density at radius 3 is 1.62 bits per heavy atom. The molecule has 10 nitrogen and oxygen atoms in total. The van der Waals surface area contributed by atoms with Crippen LogP contribution in [0.25, 0.3) is 0 Å². The number of ether oxygens (including phenoxy) is 4. The number of esters is 2. The maximum atomic E-state index is 12.7. The van der Waals surface area contributed by atoms with Gasteiger partial charge >= 0.3 is 11.9 Å². The summed E-state index contributed by atoms with van der Waals surface area (Å²) in [6.07, 6.45) is 28.6. The average molecular weight is 739 g/mol. The first-order chi connectivity index (χ1) is 25.3. The van der Waals surface area contributed by atoms with Crippen molar-refractivity contribution >= 4 is 11.9 Å². The highest BCUT2D eigenvalue weighted by Gasteiger charge is 2.44. The Hall–Kier alpha value is -2.08. The standard InChI is InChI=1S/C42H74O10/c1-3-5-7-9-11-13-15-17-18-19-21-23-25-27-29-31-38(45)51-35(34-50-42-41(48)40(47)39(46)36(32-43)52-42)33-49-37(44)30-28-26-24-22-20-16-14-12-10-8-6-4-2/h11-14,17-18,35-36,39-43,46-48H,3-10,15-16,19-34H2,1-2H3/b13-11-,14-12-,18-17-. The van der Waals surface area contributed by atoms with Gasteiger partial charge in [0.25, 0.3) is 0 Å². The summed E-state index contributed by atoms with van der Waals surface area (Å²) in [4.78, 5) is 25.2. The lowest BCUT2D eigenvalue weighted by molar-refractivity contribution is -0.305. The average Bonchev–Trinajstić information content (AvgIpc) is 3.14. The number of carbonyl (C=O) groups is 2. The molecule has 1 rings (SSSR count). The number of hydrogen-bond acceptors (Lipinski definition) is 10. The minimum atomic E-state index is -1.60. The van der Waals surface area contributed by atoms with E-state index in [1.807, 2.05) is 0 Å². The van der Waals surface area contributed by atoms with Crippen LogP contribution in [-0.2, 0) is 28.5 Å². The highest BCUT2D eigenvalue weighted by Crippen LogP contribution is 2.22. The van der Waals surface area contributed by atoms with Gasteiger partial charge in [0.1, 0.15) is 31.0 Å². The van der Waals surface area contributed by atoms with Crippen molar-refractivity contribution in [1.29, 1.82) is 0 Å². The Kier molecular flexibility index (Phi) is 30.9. The summed E-state index contributed by atoms with van der Waals surface area (Å²) < 4.78 is 22.1. The molecule has 1 saturated heterocycles. The second-order valence-electron chi connectivity index (χ2n) is 14.1. The number of aliphatic hydroxyl groups is 4. The van der Waals surface area contributed by atoms with E-state index in [2.05, 4.69) is 50.3 Å². The molecule has 1 fully saturated rings. The zero-order chi connectivity index (χ0) is 38.1. The Morgan fingerprint density at radius 1 is 0.596 bits per heavy atom. The van der Waals surface area contributed by atoms with Crippen LogP contribution in [0.5, 0.6) is 0 Å². The van der Waals surface area contributed by atoms with E-state index in [-0.39, 0.29) is 26.1 Å². The molecule has 1 aliphatic heterocycles. The SMILES string of the molecule is CCCCC/C=C\C/C=C\CCCCCCCC(=O)OC(COC(=O)CCCCCCC/C=C\CCCCC)COC1OC(CO)C(O)C(O)C1O. The van der Waals surface area contributed by atoms with E-state index in [9.17, 15) is 30.0 Å². The molecule has 0 amide bonds. The van der Waals surface area contributed by atoms with Crippen LogP contribution in [0.3, 0.4) is 0 Å². The number of aliphatic hydroxyl groups excluding tert-OH is 4. The van der Waals surface area contributed by atoms with E-state index in [1.165, 1.54) is 38.5 Å². The van der Waals surface area contributed by atoms with Crippen molar-refractivity contribution in [2.24, 2.45) is 0 Å². The smallest absolute Gasteiger partial charge is 0.306 e. The van der Waals surface area contributed by atoms with Gasteiger partial charge in [-0.15, -0.1) is 0 Å². The van der Waals surface area contributed by atoms with Crippen LogP contribution >= 0.6 is 0 Å². The molecule has 52 heavy (non-hydrogen) atoms. The highest BCUT2D eigenvalue weighted by atomic mass is 16.7. The van der Waals surface area contributed by atoms with Crippen molar-refractivity contribution in [3.63, 3.8) is 0 Å². The van der Waals surface area contributed by atoms with Crippen molar-refractivity contribution in [2.45, 2.75) is 198 Å². The van der Waals surface area contributed by atoms with Gasteiger partial charge in [-0.3, -0.25) is 9.59 Å². The maximum absolute atomic E-state index is 12.7. The topological polar surface area (TPSA) is 152 Å². The van der Waals surface area contributed by atoms with Crippen molar-refractivity contribution in [1.82, 2.24) is 0 Å². The van der Waals surface area contributed by atoms with Crippen LogP contribution in [0, 0.1) is 0 Å². The minimum Gasteiger partial charge on any atom is -0.462 e. The van der Waals surface area contributed by atoms with Crippen LogP contribution in [0.2, 0.25) is 0 Å². The quantitative estimate of drug-likeness (QED) is 0.0297. The fourth-order valence-electron chi connectivity index (χ4n) is 5.92. The summed E-state index contributed by atoms with van der Waals surface area (Å²) in [6.45, 7) is 3.33. The maximum Gasteiger partial charge on any atom is 0.306 e. The van der Waals surface area contributed by atoms with Crippen molar-refractivity contribution in [3.8, 4) is 0 Å². The molecule has 0 spiro atoms. The summed E-state index contributed by atoms with van der Waals surface area (Å²) in [5.41, 5.74) is 0. The first-order valence-electron chi connectivity index (χ1n) is 20.6. The zero-order valence-electron chi connectivity index (χ0n) is 32.6. The van der Waals surface area contributed by atoms with Gasteiger partial charge in [0.15, 0.2) is 12.4 Å². The Labute approximate surface area is 315 Å². The largest absolute Gasteiger partial charge is 0.462 e. The summed E-state index contributed by atoms with van der Waals surface area (Å²) in [6, 6.07) is 0. The third kappa shape index (κ3) is 25.0. The molecule has 0 aromatic carbocycles. The van der Waals surface area contributed by atoms with Gasteiger partial charge < -0.3 is 39.4 Å². The normalized spacial score (nSPS) is 21.4. The lowest BCUT2D eigenvalue weighted by Crippen LogP contribution is -2.59. The second kappa shape index (κ2) is 33.5. The molecule has 0 aliphatic carbocycles. The monoisotopic (exact) mass is 739 g/mol. The van der Waals surface area contributed by atoms with Crippen molar-refractivity contribution in [3.05, 3.63) is 36.5 Å². The predicted molar refractivity (Wildman–Crippen MR) is 206 cm³/mol. The minimum absolute atomic E-state index is 0.212. The Balaban J connectivity index is 2.39. The second-order valence-corrected chi connectivity index (χ2v) is 14.1. The number of hydrogen-bond donors (Lipinski definition) is 4. The molecule has 1 heterocycles. The van der Waals surface area contributed by atoms with E-state index >= 15 is 0 Å². The first kappa shape index (κ1) is 47.9. The molecule has 1 aliphatic rings. The summed E-state index contributed by atoms with van der Waals surface area (Å²) in [5, 5.41) is 39.9. The predicted octanol–water partition coefficient (Wildman–Crippen LogP) is 7.94. The van der Waals surface area contributed by atoms with Crippen molar-refractivity contribution < 1.29 is 49.0 Å². The van der Waals surface area contributed by atoms with Crippen LogP contribution in [-0.4, -0.2) is 89.0 Å². The fraction of sp³-hybridized carbons (Fsp3) is 0.810. The van der Waals surface area contributed by atoms with Crippen molar-refractivity contribution in [2.75, 3.05) is 19.8 Å². The summed E-state index contributed by atoms with van der Waals surface area (Å²) in [7, 11) is 0. The third-order valence-corrected chi connectivity index (χ3v) is 9.25. The summed E-state index contributed by atoms with van der Waals surface area (Å²) in [5.74, 6) is -0.836. The fourth-order valence-corrected chi connectivity index (χ4v) is 5.92. The van der Waals surface area contributed by atoms with Gasteiger partial charge in [-0.25, -0.2) is 0 Å². The van der Waals surface area contributed by atoms with Crippen LogP contribution in [0.1, 0.15) is 162 Å². The van der Waals surface area contributed by atoms with Crippen LogP contribution in [0.15, 0.2) is 36.5 Å². The molecule has 0 aromatic heterocycles. The van der Waals surface area contributed by atoms with E-state index in [0.29, 0.717) is 12.8 Å². The van der Waals surface area contributed by atoms with Gasteiger partial charge in [0.2, 0.25) is 0 Å². The zero-order valence-corrected chi connectivity index (χ0v) is 32.6.